The predicted octanol–water partition coefficient (Wildman–Crippen LogP) is 0.106. The van der Waals surface area contributed by atoms with E-state index in [1.165, 1.54) is 17.8 Å². The summed E-state index contributed by atoms with van der Waals surface area (Å²) in [6.07, 6.45) is 2.18. The highest BCUT2D eigenvalue weighted by Gasteiger charge is 2.25. The SMILES string of the molecule is CC(NC(=O)O)C(=O)Nn1cccc1C(=O)NC1CC1. The second kappa shape index (κ2) is 5.64. The summed E-state index contributed by atoms with van der Waals surface area (Å²) < 4.78 is 1.28. The molecule has 20 heavy (non-hydrogen) atoms. The Hall–Kier alpha value is -2.51. The lowest BCUT2D eigenvalue weighted by Crippen LogP contribution is -2.44. The maximum atomic E-state index is 11.9. The molecule has 0 radical (unpaired) electrons. The number of carboxylic acid groups (broad SMARTS) is 1. The molecule has 4 N–H and O–H groups in total. The highest BCUT2D eigenvalue weighted by molar-refractivity contribution is 5.95. The van der Waals surface area contributed by atoms with E-state index in [9.17, 15) is 14.4 Å². The summed E-state index contributed by atoms with van der Waals surface area (Å²) in [6, 6.07) is 2.49. The lowest BCUT2D eigenvalue weighted by Gasteiger charge is -2.14. The van der Waals surface area contributed by atoms with Crippen molar-refractivity contribution in [3.8, 4) is 0 Å². The summed E-state index contributed by atoms with van der Waals surface area (Å²) in [5.41, 5.74) is 2.76. The van der Waals surface area contributed by atoms with E-state index in [0.29, 0.717) is 5.69 Å². The largest absolute Gasteiger partial charge is 0.465 e. The molecule has 1 aliphatic carbocycles. The summed E-state index contributed by atoms with van der Waals surface area (Å²) in [4.78, 5) is 34.1. The van der Waals surface area contributed by atoms with Crippen molar-refractivity contribution in [2.45, 2.75) is 31.8 Å². The highest BCUT2D eigenvalue weighted by atomic mass is 16.4. The van der Waals surface area contributed by atoms with Gasteiger partial charge in [-0.2, -0.15) is 0 Å². The first-order valence-corrected chi connectivity index (χ1v) is 6.26. The van der Waals surface area contributed by atoms with Crippen LogP contribution in [-0.2, 0) is 4.79 Å². The Kier molecular flexibility index (Phi) is 3.92. The number of aromatic nitrogens is 1. The molecular weight excluding hydrogens is 264 g/mol. The molecule has 1 aromatic rings. The molecule has 2 rings (SSSR count). The minimum atomic E-state index is -1.29. The summed E-state index contributed by atoms with van der Waals surface area (Å²) in [5, 5.41) is 13.4. The summed E-state index contributed by atoms with van der Waals surface area (Å²) in [5.74, 6) is -0.819. The third-order valence-electron chi connectivity index (χ3n) is 2.86. The molecule has 3 amide bonds. The number of hydrogen-bond donors (Lipinski definition) is 4. The van der Waals surface area contributed by atoms with Gasteiger partial charge in [0.2, 0.25) is 0 Å². The number of nitrogens with one attached hydrogen (secondary N) is 3. The van der Waals surface area contributed by atoms with Crippen LogP contribution in [0.1, 0.15) is 30.3 Å². The van der Waals surface area contributed by atoms with E-state index < -0.39 is 18.0 Å². The Morgan fingerprint density at radius 1 is 1.40 bits per heavy atom. The standard InChI is InChI=1S/C12H16N4O4/c1-7(13-12(19)20)10(17)15-16-6-2-3-9(16)11(18)14-8-4-5-8/h2-3,6-8,13H,4-5H2,1H3,(H,14,18)(H,15,17)(H,19,20). The van der Waals surface area contributed by atoms with E-state index in [0.717, 1.165) is 12.8 Å². The van der Waals surface area contributed by atoms with E-state index in [4.69, 9.17) is 5.11 Å². The fraction of sp³-hybridized carbons (Fsp3) is 0.417. The van der Waals surface area contributed by atoms with Gasteiger partial charge in [-0.1, -0.05) is 0 Å². The number of amides is 3. The van der Waals surface area contributed by atoms with Crippen LogP contribution in [0.3, 0.4) is 0 Å². The number of nitrogens with zero attached hydrogens (tertiary/aromatic N) is 1. The number of carbonyl (C=O) groups excluding carboxylic acids is 2. The van der Waals surface area contributed by atoms with Crippen molar-refractivity contribution in [3.63, 3.8) is 0 Å². The predicted molar refractivity (Wildman–Crippen MR) is 69.9 cm³/mol. The fourth-order valence-electron chi connectivity index (χ4n) is 1.62. The molecule has 108 valence electrons. The zero-order valence-electron chi connectivity index (χ0n) is 10.9. The van der Waals surface area contributed by atoms with Gasteiger partial charge in [-0.05, 0) is 31.9 Å². The summed E-state index contributed by atoms with van der Waals surface area (Å²) in [7, 11) is 0. The van der Waals surface area contributed by atoms with Gasteiger partial charge in [0.05, 0.1) is 0 Å². The lowest BCUT2D eigenvalue weighted by atomic mass is 10.3. The molecule has 0 saturated heterocycles. The smallest absolute Gasteiger partial charge is 0.405 e. The van der Waals surface area contributed by atoms with Crippen molar-refractivity contribution in [2.24, 2.45) is 0 Å². The minimum Gasteiger partial charge on any atom is -0.465 e. The Morgan fingerprint density at radius 2 is 2.10 bits per heavy atom. The molecule has 0 spiro atoms. The van der Waals surface area contributed by atoms with Crippen molar-refractivity contribution < 1.29 is 19.5 Å². The Bertz CT molecular complexity index is 535. The van der Waals surface area contributed by atoms with E-state index in [2.05, 4.69) is 10.7 Å². The molecular formula is C12H16N4O4. The number of rotatable bonds is 5. The zero-order valence-corrected chi connectivity index (χ0v) is 10.9. The Morgan fingerprint density at radius 3 is 2.70 bits per heavy atom. The van der Waals surface area contributed by atoms with Crippen molar-refractivity contribution in [1.82, 2.24) is 15.3 Å². The molecule has 0 bridgehead atoms. The number of hydrogen-bond acceptors (Lipinski definition) is 3. The molecule has 1 aromatic heterocycles. The molecule has 1 heterocycles. The molecule has 1 aliphatic rings. The molecule has 0 aliphatic heterocycles. The van der Waals surface area contributed by atoms with E-state index in [1.54, 1.807) is 12.1 Å². The van der Waals surface area contributed by atoms with Gasteiger partial charge in [0, 0.05) is 12.2 Å². The molecule has 8 nitrogen and oxygen atoms in total. The second-order valence-corrected chi connectivity index (χ2v) is 4.66. The Labute approximate surface area is 115 Å². The summed E-state index contributed by atoms with van der Waals surface area (Å²) >= 11 is 0. The van der Waals surface area contributed by atoms with Gasteiger partial charge < -0.3 is 15.7 Å². The molecule has 8 heteroatoms. The normalized spacial score (nSPS) is 15.2. The van der Waals surface area contributed by atoms with Gasteiger partial charge in [0.1, 0.15) is 11.7 Å². The van der Waals surface area contributed by atoms with Gasteiger partial charge >= 0.3 is 6.09 Å². The number of carbonyl (C=O) groups is 3. The first-order valence-electron chi connectivity index (χ1n) is 6.26. The van der Waals surface area contributed by atoms with Gasteiger partial charge in [-0.25, -0.2) is 4.79 Å². The maximum absolute atomic E-state index is 11.9. The van der Waals surface area contributed by atoms with Crippen molar-refractivity contribution in [2.75, 3.05) is 5.43 Å². The van der Waals surface area contributed by atoms with Crippen LogP contribution in [0.2, 0.25) is 0 Å². The first kappa shape index (κ1) is 13.9. The Balaban J connectivity index is 1.98. The zero-order chi connectivity index (χ0) is 14.7. The monoisotopic (exact) mass is 280 g/mol. The first-order chi connectivity index (χ1) is 9.47. The van der Waals surface area contributed by atoms with E-state index in [1.807, 2.05) is 5.32 Å². The average Bonchev–Trinajstić information content (AvgIpc) is 3.04. The third kappa shape index (κ3) is 3.50. The molecule has 1 saturated carbocycles. The molecule has 1 fully saturated rings. The van der Waals surface area contributed by atoms with Crippen LogP contribution in [0.25, 0.3) is 0 Å². The summed E-state index contributed by atoms with van der Waals surface area (Å²) in [6.45, 7) is 1.41. The van der Waals surface area contributed by atoms with Crippen molar-refractivity contribution in [1.29, 1.82) is 0 Å². The average molecular weight is 280 g/mol. The van der Waals surface area contributed by atoms with Crippen LogP contribution in [-0.4, -0.2) is 39.8 Å². The topological polar surface area (TPSA) is 112 Å². The highest BCUT2D eigenvalue weighted by Crippen LogP contribution is 2.19. The molecule has 0 aromatic carbocycles. The fourth-order valence-corrected chi connectivity index (χ4v) is 1.62. The van der Waals surface area contributed by atoms with Crippen molar-refractivity contribution in [3.05, 3.63) is 24.0 Å². The van der Waals surface area contributed by atoms with Crippen LogP contribution >= 0.6 is 0 Å². The van der Waals surface area contributed by atoms with Gasteiger partial charge in [0.25, 0.3) is 11.8 Å². The van der Waals surface area contributed by atoms with Crippen LogP contribution in [0.5, 0.6) is 0 Å². The maximum Gasteiger partial charge on any atom is 0.405 e. The van der Waals surface area contributed by atoms with Gasteiger partial charge in [-0.3, -0.25) is 19.7 Å². The van der Waals surface area contributed by atoms with Gasteiger partial charge in [0.15, 0.2) is 0 Å². The lowest BCUT2D eigenvalue weighted by molar-refractivity contribution is -0.118. The third-order valence-corrected chi connectivity index (χ3v) is 2.86. The van der Waals surface area contributed by atoms with E-state index >= 15 is 0 Å². The molecule has 1 atom stereocenters. The van der Waals surface area contributed by atoms with Crippen LogP contribution in [0.4, 0.5) is 4.79 Å². The minimum absolute atomic E-state index is 0.217. The van der Waals surface area contributed by atoms with Crippen LogP contribution in [0, 0.1) is 0 Å². The van der Waals surface area contributed by atoms with E-state index in [-0.39, 0.29) is 11.9 Å². The van der Waals surface area contributed by atoms with Gasteiger partial charge in [-0.15, -0.1) is 0 Å². The quantitative estimate of drug-likeness (QED) is 0.613. The van der Waals surface area contributed by atoms with Crippen LogP contribution < -0.4 is 16.1 Å². The van der Waals surface area contributed by atoms with Crippen LogP contribution in [0.15, 0.2) is 18.3 Å². The van der Waals surface area contributed by atoms with Crippen molar-refractivity contribution >= 4 is 17.9 Å². The molecule has 1 unspecified atom stereocenters. The second-order valence-electron chi connectivity index (χ2n) is 4.66.